The van der Waals surface area contributed by atoms with Gasteiger partial charge in [-0.2, -0.15) is 0 Å². The van der Waals surface area contributed by atoms with Gasteiger partial charge in [0, 0.05) is 53.9 Å². The lowest BCUT2D eigenvalue weighted by Crippen LogP contribution is -2.50. The van der Waals surface area contributed by atoms with E-state index in [2.05, 4.69) is 38.0 Å². The minimum absolute atomic E-state index is 0.0284. The van der Waals surface area contributed by atoms with Crippen LogP contribution in [-0.2, 0) is 6.61 Å². The zero-order chi connectivity index (χ0) is 19.1. The van der Waals surface area contributed by atoms with Crippen molar-refractivity contribution in [2.45, 2.75) is 37.8 Å². The summed E-state index contributed by atoms with van der Waals surface area (Å²) in [6.07, 6.45) is 10.3. The van der Waals surface area contributed by atoms with Crippen molar-refractivity contribution >= 4 is 28.2 Å². The van der Waals surface area contributed by atoms with Gasteiger partial charge in [0.2, 0.25) is 0 Å². The smallest absolute Gasteiger partial charge is 0.0829 e. The number of rotatable bonds is 3. The lowest BCUT2D eigenvalue weighted by molar-refractivity contribution is 0.280. The van der Waals surface area contributed by atoms with Crippen LogP contribution >= 0.6 is 11.6 Å². The number of halogens is 1. The van der Waals surface area contributed by atoms with E-state index in [4.69, 9.17) is 11.6 Å². The summed E-state index contributed by atoms with van der Waals surface area (Å²) in [4.78, 5) is 6.51. The number of aliphatic hydroxyl groups is 1. The molecular formula is C22H25ClN4O. The summed E-state index contributed by atoms with van der Waals surface area (Å²) in [7, 11) is 0. The zero-order valence-electron chi connectivity index (χ0n) is 15.9. The SMILES string of the molecule is OCc1c(N2CCC3(CCCN3)CC2)ccc2c1ccn2-c1ccncc1Cl. The van der Waals surface area contributed by atoms with Crippen LogP contribution in [0.5, 0.6) is 0 Å². The molecule has 4 heterocycles. The Morgan fingerprint density at radius 2 is 1.96 bits per heavy atom. The van der Waals surface area contributed by atoms with Crippen molar-refractivity contribution < 1.29 is 5.11 Å². The van der Waals surface area contributed by atoms with Crippen molar-refractivity contribution in [2.24, 2.45) is 0 Å². The van der Waals surface area contributed by atoms with Crippen molar-refractivity contribution in [3.05, 3.63) is 53.4 Å². The van der Waals surface area contributed by atoms with Crippen LogP contribution in [0.15, 0.2) is 42.9 Å². The molecule has 2 N–H and O–H groups in total. The fourth-order valence-corrected chi connectivity index (χ4v) is 5.18. The molecule has 146 valence electrons. The minimum atomic E-state index is 0.0284. The summed E-state index contributed by atoms with van der Waals surface area (Å²) in [6.45, 7) is 3.24. The Morgan fingerprint density at radius 3 is 2.68 bits per heavy atom. The fraction of sp³-hybridized carbons (Fsp3) is 0.409. The number of benzene rings is 1. The first-order valence-electron chi connectivity index (χ1n) is 10.0. The van der Waals surface area contributed by atoms with Crippen LogP contribution in [0.1, 0.15) is 31.2 Å². The van der Waals surface area contributed by atoms with Crippen molar-refractivity contribution in [3.63, 3.8) is 0 Å². The molecule has 5 rings (SSSR count). The van der Waals surface area contributed by atoms with E-state index in [9.17, 15) is 5.11 Å². The van der Waals surface area contributed by atoms with Gasteiger partial charge in [-0.3, -0.25) is 4.98 Å². The lowest BCUT2D eigenvalue weighted by atomic mass is 9.86. The van der Waals surface area contributed by atoms with Gasteiger partial charge in [0.05, 0.1) is 22.8 Å². The van der Waals surface area contributed by atoms with Gasteiger partial charge < -0.3 is 19.9 Å². The number of hydrogen-bond donors (Lipinski definition) is 2. The van der Waals surface area contributed by atoms with Gasteiger partial charge in [-0.25, -0.2) is 0 Å². The molecule has 2 fully saturated rings. The summed E-state index contributed by atoms with van der Waals surface area (Å²) in [5.74, 6) is 0. The maximum Gasteiger partial charge on any atom is 0.0829 e. The quantitative estimate of drug-likeness (QED) is 0.705. The number of hydrogen-bond acceptors (Lipinski definition) is 4. The molecule has 0 atom stereocenters. The van der Waals surface area contributed by atoms with Crippen molar-refractivity contribution in [2.75, 3.05) is 24.5 Å². The van der Waals surface area contributed by atoms with Crippen LogP contribution < -0.4 is 10.2 Å². The predicted molar refractivity (Wildman–Crippen MR) is 113 cm³/mol. The van der Waals surface area contributed by atoms with E-state index in [-0.39, 0.29) is 6.61 Å². The Hall–Kier alpha value is -2.08. The molecule has 6 heteroatoms. The fourth-order valence-electron chi connectivity index (χ4n) is 4.97. The van der Waals surface area contributed by atoms with Crippen molar-refractivity contribution in [1.82, 2.24) is 14.9 Å². The number of aromatic nitrogens is 2. The van der Waals surface area contributed by atoms with Crippen LogP contribution in [0.3, 0.4) is 0 Å². The molecule has 0 amide bonds. The summed E-state index contributed by atoms with van der Waals surface area (Å²) in [5, 5.41) is 15.6. The maximum absolute atomic E-state index is 10.2. The number of pyridine rings is 1. The van der Waals surface area contributed by atoms with Gasteiger partial charge in [-0.1, -0.05) is 11.6 Å². The highest BCUT2D eigenvalue weighted by Gasteiger charge is 2.37. The van der Waals surface area contributed by atoms with E-state index in [0.717, 1.165) is 47.5 Å². The Kier molecular flexibility index (Phi) is 4.54. The Labute approximate surface area is 169 Å². The van der Waals surface area contributed by atoms with Gasteiger partial charge in [0.1, 0.15) is 0 Å². The molecule has 2 aliphatic heterocycles. The van der Waals surface area contributed by atoms with Crippen molar-refractivity contribution in [3.8, 4) is 5.69 Å². The third-order valence-electron chi connectivity index (χ3n) is 6.52. The third-order valence-corrected chi connectivity index (χ3v) is 6.81. The highest BCUT2D eigenvalue weighted by atomic mass is 35.5. The van der Waals surface area contributed by atoms with Crippen LogP contribution in [0, 0.1) is 0 Å². The van der Waals surface area contributed by atoms with E-state index in [1.54, 1.807) is 12.4 Å². The van der Waals surface area contributed by atoms with Gasteiger partial charge >= 0.3 is 0 Å². The van der Waals surface area contributed by atoms with Crippen LogP contribution in [-0.4, -0.2) is 39.8 Å². The molecule has 0 radical (unpaired) electrons. The lowest BCUT2D eigenvalue weighted by Gasteiger charge is -2.41. The molecule has 2 aliphatic rings. The van der Waals surface area contributed by atoms with Gasteiger partial charge in [0.25, 0.3) is 0 Å². The number of aliphatic hydroxyl groups excluding tert-OH is 1. The van der Waals surface area contributed by atoms with Gasteiger partial charge in [-0.15, -0.1) is 0 Å². The normalized spacial score (nSPS) is 19.0. The number of nitrogens with zero attached hydrogens (tertiary/aromatic N) is 3. The van der Waals surface area contributed by atoms with E-state index in [1.807, 2.05) is 12.3 Å². The van der Waals surface area contributed by atoms with E-state index >= 15 is 0 Å². The van der Waals surface area contributed by atoms with E-state index < -0.39 is 0 Å². The molecule has 0 unspecified atom stereocenters. The average molecular weight is 397 g/mol. The highest BCUT2D eigenvalue weighted by molar-refractivity contribution is 6.32. The molecule has 1 aromatic carbocycles. The highest BCUT2D eigenvalue weighted by Crippen LogP contribution is 2.37. The predicted octanol–water partition coefficient (Wildman–Crippen LogP) is 3.89. The molecule has 0 aliphatic carbocycles. The Morgan fingerprint density at radius 1 is 1.11 bits per heavy atom. The van der Waals surface area contributed by atoms with Crippen LogP contribution in [0.4, 0.5) is 5.69 Å². The first kappa shape index (κ1) is 18.0. The van der Waals surface area contributed by atoms with E-state index in [0.29, 0.717) is 10.6 Å². The maximum atomic E-state index is 10.2. The summed E-state index contributed by atoms with van der Waals surface area (Å²) in [6, 6.07) is 8.27. The summed E-state index contributed by atoms with van der Waals surface area (Å²) >= 11 is 6.36. The Bertz CT molecular complexity index is 999. The topological polar surface area (TPSA) is 53.3 Å². The minimum Gasteiger partial charge on any atom is -0.392 e. The van der Waals surface area contributed by atoms with Gasteiger partial charge in [0.15, 0.2) is 0 Å². The van der Waals surface area contributed by atoms with Crippen LogP contribution in [0.2, 0.25) is 5.02 Å². The molecule has 28 heavy (non-hydrogen) atoms. The second-order valence-corrected chi connectivity index (χ2v) is 8.37. The largest absolute Gasteiger partial charge is 0.392 e. The number of nitrogens with one attached hydrogen (secondary N) is 1. The Balaban J connectivity index is 1.51. The molecular weight excluding hydrogens is 372 g/mol. The molecule has 0 bridgehead atoms. The molecule has 2 aromatic heterocycles. The van der Waals surface area contributed by atoms with E-state index in [1.165, 1.54) is 25.7 Å². The molecule has 3 aromatic rings. The number of anilines is 1. The molecule has 1 spiro atoms. The first-order chi connectivity index (χ1) is 13.7. The summed E-state index contributed by atoms with van der Waals surface area (Å²) in [5.41, 5.74) is 4.45. The average Bonchev–Trinajstić information content (AvgIpc) is 3.36. The standard InChI is InChI=1S/C22H25ClN4O/c23-18-14-24-10-4-21(18)27-11-5-16-17(15-28)19(2-3-20(16)27)26-12-7-22(8-13-26)6-1-9-25-22/h2-5,10-11,14,25,28H,1,6-9,12-13,15H2. The monoisotopic (exact) mass is 396 g/mol. The molecule has 0 saturated carbocycles. The van der Waals surface area contributed by atoms with Crippen molar-refractivity contribution in [1.29, 1.82) is 0 Å². The number of piperidine rings is 1. The zero-order valence-corrected chi connectivity index (χ0v) is 16.6. The molecule has 2 saturated heterocycles. The number of fused-ring (bicyclic) bond motifs is 1. The molecule has 5 nitrogen and oxygen atoms in total. The van der Waals surface area contributed by atoms with Gasteiger partial charge in [-0.05, 0) is 56.5 Å². The third kappa shape index (κ3) is 2.89. The second kappa shape index (κ2) is 7.07. The van der Waals surface area contributed by atoms with Crippen LogP contribution in [0.25, 0.3) is 16.6 Å². The second-order valence-electron chi connectivity index (χ2n) is 7.96. The first-order valence-corrected chi connectivity index (χ1v) is 10.4. The summed E-state index contributed by atoms with van der Waals surface area (Å²) < 4.78 is 2.07.